The molecule has 22 heavy (non-hydrogen) atoms. The molecule has 0 saturated carbocycles. The lowest BCUT2D eigenvalue weighted by Gasteiger charge is -2.08. The topological polar surface area (TPSA) is 47.0 Å². The first-order valence-electron chi connectivity index (χ1n) is 7.88. The molecule has 0 unspecified atom stereocenters. The molecule has 0 amide bonds. The number of anilines is 1. The van der Waals surface area contributed by atoms with Gasteiger partial charge in [0, 0.05) is 24.2 Å². The van der Waals surface area contributed by atoms with E-state index in [0.29, 0.717) is 0 Å². The number of nitrogens with zero attached hydrogens (tertiary/aromatic N) is 2. The van der Waals surface area contributed by atoms with Crippen molar-refractivity contribution in [2.24, 2.45) is 0 Å². The number of hydrogen-bond donors (Lipinski definition) is 1. The molecule has 4 nitrogen and oxygen atoms in total. The molecule has 5 heteroatoms. The van der Waals surface area contributed by atoms with Crippen LogP contribution in [-0.4, -0.2) is 23.1 Å². The minimum atomic E-state index is 0.730. The zero-order chi connectivity index (χ0) is 15.4. The van der Waals surface area contributed by atoms with Gasteiger partial charge in [0.05, 0.1) is 16.8 Å². The molecule has 3 aromatic rings. The van der Waals surface area contributed by atoms with Crippen molar-refractivity contribution in [1.29, 1.82) is 0 Å². The summed E-state index contributed by atoms with van der Waals surface area (Å²) < 4.78 is 7.10. The third kappa shape index (κ3) is 2.99. The number of pyridine rings is 1. The van der Waals surface area contributed by atoms with E-state index in [-0.39, 0.29) is 0 Å². The van der Waals surface area contributed by atoms with E-state index in [9.17, 15) is 0 Å². The van der Waals surface area contributed by atoms with Crippen molar-refractivity contribution in [2.45, 2.75) is 33.1 Å². The van der Waals surface area contributed by atoms with Crippen LogP contribution in [0.2, 0.25) is 0 Å². The van der Waals surface area contributed by atoms with Crippen molar-refractivity contribution in [1.82, 2.24) is 9.97 Å². The summed E-state index contributed by atoms with van der Waals surface area (Å²) in [7, 11) is 0. The smallest absolute Gasteiger partial charge is 0.183 e. The van der Waals surface area contributed by atoms with Gasteiger partial charge in [-0.3, -0.25) is 4.98 Å². The highest BCUT2D eigenvalue weighted by molar-refractivity contribution is 7.22. The van der Waals surface area contributed by atoms with Crippen molar-refractivity contribution >= 4 is 37.6 Å². The van der Waals surface area contributed by atoms with Gasteiger partial charge in [0.1, 0.15) is 11.3 Å². The first-order valence-corrected chi connectivity index (χ1v) is 8.70. The summed E-state index contributed by atoms with van der Waals surface area (Å²) in [5.41, 5.74) is 1.91. The summed E-state index contributed by atoms with van der Waals surface area (Å²) in [4.78, 5) is 9.23. The molecular formula is C17H21N3OS. The van der Waals surface area contributed by atoms with Crippen molar-refractivity contribution in [2.75, 3.05) is 18.5 Å². The first kappa shape index (κ1) is 15.0. The number of benzene rings is 1. The van der Waals surface area contributed by atoms with Crippen LogP contribution in [0.1, 0.15) is 33.1 Å². The van der Waals surface area contributed by atoms with E-state index in [1.54, 1.807) is 11.3 Å². The van der Waals surface area contributed by atoms with E-state index >= 15 is 0 Å². The monoisotopic (exact) mass is 315 g/mol. The van der Waals surface area contributed by atoms with E-state index in [1.807, 2.05) is 12.3 Å². The summed E-state index contributed by atoms with van der Waals surface area (Å²) in [5.74, 6) is 0.863. The number of hydrogen-bond acceptors (Lipinski definition) is 5. The first-order chi connectivity index (χ1) is 10.8. The minimum Gasteiger partial charge on any atom is -0.491 e. The fourth-order valence-corrected chi connectivity index (χ4v) is 3.28. The van der Waals surface area contributed by atoms with Crippen LogP contribution in [0.3, 0.4) is 0 Å². The maximum Gasteiger partial charge on any atom is 0.183 e. The molecule has 1 aromatic carbocycles. The van der Waals surface area contributed by atoms with Gasteiger partial charge in [-0.2, -0.15) is 0 Å². The molecule has 3 rings (SSSR count). The largest absolute Gasteiger partial charge is 0.491 e. The number of unbranched alkanes of at least 4 members (excludes halogenated alkanes) is 1. The van der Waals surface area contributed by atoms with E-state index in [4.69, 9.17) is 9.72 Å². The van der Waals surface area contributed by atoms with Crippen LogP contribution in [0.4, 0.5) is 5.13 Å². The van der Waals surface area contributed by atoms with Gasteiger partial charge in [-0.05, 0) is 25.0 Å². The van der Waals surface area contributed by atoms with Crippen LogP contribution in [-0.2, 0) is 0 Å². The Balaban J connectivity index is 2.05. The second kappa shape index (κ2) is 6.92. The molecule has 0 fully saturated rings. The van der Waals surface area contributed by atoms with Crippen LogP contribution in [0, 0.1) is 0 Å². The van der Waals surface area contributed by atoms with Gasteiger partial charge in [-0.15, -0.1) is 0 Å². The molecule has 0 spiro atoms. The number of nitrogens with one attached hydrogen (secondary N) is 1. The van der Waals surface area contributed by atoms with Crippen molar-refractivity contribution in [3.05, 3.63) is 24.4 Å². The fraction of sp³-hybridized carbons (Fsp3) is 0.412. The van der Waals surface area contributed by atoms with E-state index in [0.717, 1.165) is 64.4 Å². The predicted octanol–water partition coefficient (Wildman–Crippen LogP) is 4.85. The normalized spacial score (nSPS) is 11.2. The van der Waals surface area contributed by atoms with Crippen LogP contribution in [0.15, 0.2) is 24.4 Å². The molecule has 2 aromatic heterocycles. The van der Waals surface area contributed by atoms with Crippen molar-refractivity contribution in [3.63, 3.8) is 0 Å². The van der Waals surface area contributed by atoms with Gasteiger partial charge < -0.3 is 10.1 Å². The Morgan fingerprint density at radius 1 is 1.23 bits per heavy atom. The Labute approximate surface area is 134 Å². The molecule has 1 N–H and O–H groups in total. The minimum absolute atomic E-state index is 0.730. The van der Waals surface area contributed by atoms with Crippen LogP contribution in [0.5, 0.6) is 5.75 Å². The Morgan fingerprint density at radius 3 is 2.95 bits per heavy atom. The average molecular weight is 315 g/mol. The highest BCUT2D eigenvalue weighted by Gasteiger charge is 2.13. The zero-order valence-electron chi connectivity index (χ0n) is 13.1. The number of aromatic nitrogens is 2. The van der Waals surface area contributed by atoms with Crippen LogP contribution in [0.25, 0.3) is 21.1 Å². The van der Waals surface area contributed by atoms with Gasteiger partial charge in [-0.25, -0.2) is 4.98 Å². The molecule has 0 radical (unpaired) electrons. The molecular weight excluding hydrogens is 294 g/mol. The average Bonchev–Trinajstić information content (AvgIpc) is 2.96. The summed E-state index contributed by atoms with van der Waals surface area (Å²) in [6, 6.07) is 6.10. The number of ether oxygens (including phenoxy) is 1. The summed E-state index contributed by atoms with van der Waals surface area (Å²) in [5, 5.41) is 5.39. The lowest BCUT2D eigenvalue weighted by atomic mass is 10.2. The molecule has 116 valence electrons. The number of rotatable bonds is 7. The van der Waals surface area contributed by atoms with Gasteiger partial charge in [0.2, 0.25) is 0 Å². The number of thiazole rings is 1. The summed E-state index contributed by atoms with van der Waals surface area (Å²) >= 11 is 1.68. The summed E-state index contributed by atoms with van der Waals surface area (Å²) in [6.07, 6.45) is 5.07. The Kier molecular flexibility index (Phi) is 4.73. The van der Waals surface area contributed by atoms with E-state index in [1.165, 1.54) is 0 Å². The Hall–Kier alpha value is -1.88. The van der Waals surface area contributed by atoms with Gasteiger partial charge in [0.15, 0.2) is 5.13 Å². The Bertz CT molecular complexity index is 769. The maximum absolute atomic E-state index is 5.95. The standard InChI is InChI=1S/C17H21N3OS/c1-3-5-10-21-13-11-14-16(12-7-6-9-18-15(12)13)20-17(22-14)19-8-4-2/h6-7,9,11H,3-5,8,10H2,1-2H3,(H,19,20). The quantitative estimate of drug-likeness (QED) is 0.633. The molecule has 0 aliphatic carbocycles. The Morgan fingerprint density at radius 2 is 2.14 bits per heavy atom. The lowest BCUT2D eigenvalue weighted by Crippen LogP contribution is -1.98. The molecule has 0 bridgehead atoms. The third-order valence-corrected chi connectivity index (χ3v) is 4.45. The highest BCUT2D eigenvalue weighted by Crippen LogP contribution is 2.36. The molecule has 0 aliphatic heterocycles. The highest BCUT2D eigenvalue weighted by atomic mass is 32.1. The van der Waals surface area contributed by atoms with E-state index in [2.05, 4.69) is 36.3 Å². The molecule has 0 aliphatic rings. The van der Waals surface area contributed by atoms with Crippen LogP contribution < -0.4 is 10.1 Å². The predicted molar refractivity (Wildman–Crippen MR) is 94.1 cm³/mol. The third-order valence-electron chi connectivity index (χ3n) is 3.49. The number of fused-ring (bicyclic) bond motifs is 3. The second-order valence-corrected chi connectivity index (χ2v) is 6.30. The van der Waals surface area contributed by atoms with Gasteiger partial charge in [0.25, 0.3) is 0 Å². The molecule has 0 atom stereocenters. The van der Waals surface area contributed by atoms with Crippen molar-refractivity contribution in [3.8, 4) is 5.75 Å². The SMILES string of the molecule is CCCCOc1cc2sc(NCCC)nc2c2cccnc12. The van der Waals surface area contributed by atoms with Gasteiger partial charge >= 0.3 is 0 Å². The van der Waals surface area contributed by atoms with E-state index < -0.39 is 0 Å². The fourth-order valence-electron chi connectivity index (χ4n) is 2.35. The second-order valence-electron chi connectivity index (χ2n) is 5.27. The molecule has 0 saturated heterocycles. The summed E-state index contributed by atoms with van der Waals surface area (Å²) in [6.45, 7) is 5.99. The van der Waals surface area contributed by atoms with Crippen LogP contribution >= 0.6 is 11.3 Å². The lowest BCUT2D eigenvalue weighted by molar-refractivity contribution is 0.313. The molecule has 2 heterocycles. The van der Waals surface area contributed by atoms with Gasteiger partial charge in [-0.1, -0.05) is 31.6 Å². The van der Waals surface area contributed by atoms with Crippen molar-refractivity contribution < 1.29 is 4.74 Å². The zero-order valence-corrected chi connectivity index (χ0v) is 13.9. The maximum atomic E-state index is 5.95.